The quantitative estimate of drug-likeness (QED) is 0.819. The van der Waals surface area contributed by atoms with E-state index in [4.69, 9.17) is 11.6 Å². The maximum absolute atomic E-state index is 11.5. The number of H-pyrrole nitrogens is 1. The van der Waals surface area contributed by atoms with Crippen molar-refractivity contribution in [1.82, 2.24) is 9.97 Å². The van der Waals surface area contributed by atoms with Gasteiger partial charge in [-0.15, -0.1) is 0 Å². The lowest BCUT2D eigenvalue weighted by Crippen LogP contribution is -2.18. The van der Waals surface area contributed by atoms with Gasteiger partial charge in [0.1, 0.15) is 5.69 Å². The molecule has 1 heterocycles. The molecule has 0 atom stereocenters. The molecule has 0 aliphatic rings. The Bertz CT molecular complexity index is 421. The van der Waals surface area contributed by atoms with Gasteiger partial charge in [-0.25, -0.2) is 4.98 Å². The summed E-state index contributed by atoms with van der Waals surface area (Å²) in [6.07, 6.45) is 0. The van der Waals surface area contributed by atoms with Crippen LogP contribution in [0.5, 0.6) is 0 Å². The van der Waals surface area contributed by atoms with Crippen LogP contribution in [0.15, 0.2) is 11.4 Å². The average molecular weight is 213 g/mol. The van der Waals surface area contributed by atoms with Crippen LogP contribution in [0.3, 0.4) is 0 Å². The van der Waals surface area contributed by atoms with Gasteiger partial charge in [0, 0.05) is 5.92 Å². The molecule has 0 spiro atoms. The highest BCUT2D eigenvalue weighted by Gasteiger charge is 2.11. The zero-order valence-electron chi connectivity index (χ0n) is 8.52. The second-order valence-electron chi connectivity index (χ2n) is 3.55. The predicted octanol–water partition coefficient (Wildman–Crippen LogP) is 2.58. The number of aromatic amines is 1. The molecule has 1 aromatic rings. The molecule has 1 aromatic heterocycles. The molecule has 1 N–H and O–H groups in total. The Morgan fingerprint density at radius 1 is 1.57 bits per heavy atom. The van der Waals surface area contributed by atoms with Crippen LogP contribution in [-0.2, 0) is 0 Å². The van der Waals surface area contributed by atoms with Crippen LogP contribution in [0.1, 0.15) is 38.1 Å². The zero-order chi connectivity index (χ0) is 10.9. The Kier molecular flexibility index (Phi) is 3.11. The Morgan fingerprint density at radius 2 is 2.14 bits per heavy atom. The van der Waals surface area contributed by atoms with Gasteiger partial charge in [0.2, 0.25) is 0 Å². The third-order valence-corrected chi connectivity index (χ3v) is 2.14. The van der Waals surface area contributed by atoms with Gasteiger partial charge in [-0.2, -0.15) is 0 Å². The van der Waals surface area contributed by atoms with Crippen molar-refractivity contribution in [3.05, 3.63) is 33.5 Å². The fraction of sp³-hybridized carbons (Fsp3) is 0.400. The van der Waals surface area contributed by atoms with Crippen molar-refractivity contribution < 1.29 is 0 Å². The normalized spacial score (nSPS) is 10.6. The van der Waals surface area contributed by atoms with E-state index in [1.54, 1.807) is 6.92 Å². The van der Waals surface area contributed by atoms with Gasteiger partial charge in [-0.1, -0.05) is 32.0 Å². The summed E-state index contributed by atoms with van der Waals surface area (Å²) >= 11 is 5.90. The summed E-state index contributed by atoms with van der Waals surface area (Å²) in [5.74, 6) is 0.0652. The number of hydrogen-bond acceptors (Lipinski definition) is 2. The number of nitrogens with one attached hydrogen (secondary N) is 1. The minimum atomic E-state index is -0.192. The molecule has 3 nitrogen and oxygen atoms in total. The Morgan fingerprint density at radius 3 is 2.57 bits per heavy atom. The fourth-order valence-electron chi connectivity index (χ4n) is 1.12. The highest BCUT2D eigenvalue weighted by Crippen LogP contribution is 2.18. The highest BCUT2D eigenvalue weighted by atomic mass is 35.5. The summed E-state index contributed by atoms with van der Waals surface area (Å²) in [5.41, 5.74) is 1.48. The van der Waals surface area contributed by atoms with Crippen molar-refractivity contribution in [2.45, 2.75) is 26.7 Å². The minimum absolute atomic E-state index is 0.0652. The molecular weight excluding hydrogens is 200 g/mol. The molecule has 0 aliphatic carbocycles. The first-order valence-corrected chi connectivity index (χ1v) is 4.77. The van der Waals surface area contributed by atoms with Crippen molar-refractivity contribution in [2.75, 3.05) is 0 Å². The molecule has 0 unspecified atom stereocenters. The summed E-state index contributed by atoms with van der Waals surface area (Å²) in [4.78, 5) is 18.3. The first-order valence-electron chi connectivity index (χ1n) is 4.39. The molecule has 0 fully saturated rings. The van der Waals surface area contributed by atoms with Gasteiger partial charge >= 0.3 is 0 Å². The Balaban J connectivity index is 3.39. The van der Waals surface area contributed by atoms with Crippen LogP contribution in [0, 0.1) is 0 Å². The van der Waals surface area contributed by atoms with Crippen molar-refractivity contribution in [1.29, 1.82) is 0 Å². The van der Waals surface area contributed by atoms with Crippen LogP contribution >= 0.6 is 11.6 Å². The smallest absolute Gasteiger partial charge is 0.270 e. The van der Waals surface area contributed by atoms with Gasteiger partial charge in [-0.3, -0.25) is 4.79 Å². The molecule has 1 rings (SSSR count). The lowest BCUT2D eigenvalue weighted by molar-refractivity contribution is 0.794. The third-order valence-electron chi connectivity index (χ3n) is 1.87. The van der Waals surface area contributed by atoms with Crippen molar-refractivity contribution in [3.63, 3.8) is 0 Å². The molecule has 14 heavy (non-hydrogen) atoms. The highest BCUT2D eigenvalue weighted by molar-refractivity contribution is 6.30. The van der Waals surface area contributed by atoms with Gasteiger partial charge < -0.3 is 4.98 Å². The molecule has 0 aromatic carbocycles. The molecule has 0 saturated carbocycles. The van der Waals surface area contributed by atoms with Crippen LogP contribution in [0.25, 0.3) is 5.57 Å². The molecular formula is C10H13ClN2O. The molecule has 4 heteroatoms. The summed E-state index contributed by atoms with van der Waals surface area (Å²) in [6, 6.07) is 0. The number of nitrogens with zero attached hydrogens (tertiary/aromatic N) is 1. The third kappa shape index (κ3) is 2.04. The standard InChI is InChI=1S/C10H13ClN2O/c1-5(2)7-9(11)12-8(6(3)4)10(14)13-7/h6H,1H2,2-4H3,(H,13,14). The summed E-state index contributed by atoms with van der Waals surface area (Å²) in [5, 5.41) is 0.306. The monoisotopic (exact) mass is 212 g/mol. The van der Waals surface area contributed by atoms with Crippen LogP contribution in [-0.4, -0.2) is 9.97 Å². The first kappa shape index (κ1) is 11.0. The maximum atomic E-state index is 11.5. The lowest BCUT2D eigenvalue weighted by atomic mass is 10.1. The van der Waals surface area contributed by atoms with E-state index >= 15 is 0 Å². The van der Waals surface area contributed by atoms with Gasteiger partial charge in [0.15, 0.2) is 5.15 Å². The van der Waals surface area contributed by atoms with E-state index in [-0.39, 0.29) is 11.5 Å². The zero-order valence-corrected chi connectivity index (χ0v) is 9.27. The lowest BCUT2D eigenvalue weighted by Gasteiger charge is -2.07. The van der Waals surface area contributed by atoms with E-state index in [1.165, 1.54) is 0 Å². The van der Waals surface area contributed by atoms with Crippen LogP contribution in [0.4, 0.5) is 0 Å². The van der Waals surface area contributed by atoms with Crippen molar-refractivity contribution in [3.8, 4) is 0 Å². The van der Waals surface area contributed by atoms with Crippen LogP contribution < -0.4 is 5.56 Å². The second kappa shape index (κ2) is 3.96. The minimum Gasteiger partial charge on any atom is -0.318 e. The van der Waals surface area contributed by atoms with E-state index in [0.717, 1.165) is 0 Å². The number of allylic oxidation sites excluding steroid dienone is 1. The Labute approximate surface area is 87.8 Å². The predicted molar refractivity (Wildman–Crippen MR) is 58.7 cm³/mol. The van der Waals surface area contributed by atoms with Gasteiger partial charge in [0.05, 0.1) is 5.69 Å². The van der Waals surface area contributed by atoms with Gasteiger partial charge in [-0.05, 0) is 12.5 Å². The summed E-state index contributed by atoms with van der Waals surface area (Å²) in [6.45, 7) is 9.27. The largest absolute Gasteiger partial charge is 0.318 e. The number of halogens is 1. The van der Waals surface area contributed by atoms with Crippen molar-refractivity contribution >= 4 is 17.2 Å². The number of hydrogen-bond donors (Lipinski definition) is 1. The van der Waals surface area contributed by atoms with E-state index in [2.05, 4.69) is 16.5 Å². The SMILES string of the molecule is C=C(C)c1[nH]c(=O)c(C(C)C)nc1Cl. The first-order chi connectivity index (χ1) is 6.43. The van der Waals surface area contributed by atoms with E-state index in [9.17, 15) is 4.79 Å². The van der Waals surface area contributed by atoms with E-state index < -0.39 is 0 Å². The fourth-order valence-corrected chi connectivity index (χ4v) is 1.42. The van der Waals surface area contributed by atoms with Crippen molar-refractivity contribution in [2.24, 2.45) is 0 Å². The molecule has 0 aliphatic heterocycles. The van der Waals surface area contributed by atoms with E-state index in [0.29, 0.717) is 22.1 Å². The van der Waals surface area contributed by atoms with Gasteiger partial charge in [0.25, 0.3) is 5.56 Å². The Hall–Kier alpha value is -1.09. The average Bonchev–Trinajstić information content (AvgIpc) is 2.07. The number of aromatic nitrogens is 2. The second-order valence-corrected chi connectivity index (χ2v) is 3.91. The topological polar surface area (TPSA) is 45.8 Å². The molecule has 76 valence electrons. The molecule has 0 amide bonds. The van der Waals surface area contributed by atoms with E-state index in [1.807, 2.05) is 13.8 Å². The maximum Gasteiger partial charge on any atom is 0.270 e. The molecule has 0 saturated heterocycles. The molecule has 0 bridgehead atoms. The number of rotatable bonds is 2. The summed E-state index contributed by atoms with van der Waals surface area (Å²) < 4.78 is 0. The summed E-state index contributed by atoms with van der Waals surface area (Å²) in [7, 11) is 0. The molecule has 0 radical (unpaired) electrons. The van der Waals surface area contributed by atoms with Crippen LogP contribution in [0.2, 0.25) is 5.15 Å².